The van der Waals surface area contributed by atoms with E-state index in [9.17, 15) is 23.1 Å². The van der Waals surface area contributed by atoms with Crippen LogP contribution >= 0.6 is 11.6 Å². The van der Waals surface area contributed by atoms with E-state index in [2.05, 4.69) is 0 Å². The number of carboxylic acid groups (broad SMARTS) is 1. The van der Waals surface area contributed by atoms with Crippen LogP contribution in [0.3, 0.4) is 0 Å². The average Bonchev–Trinajstić information content (AvgIpc) is 2.21. The van der Waals surface area contributed by atoms with Crippen LogP contribution in [0, 0.1) is 0 Å². The maximum absolute atomic E-state index is 12.7. The Hall–Kier alpha value is -1.47. The van der Waals surface area contributed by atoms with Crippen molar-refractivity contribution in [1.29, 1.82) is 0 Å². The SMILES string of the molecule is NCC(C(=O)O)c1cc(Cl)c(O)cc1C(F)(F)F. The molecule has 1 atom stereocenters. The van der Waals surface area contributed by atoms with Crippen molar-refractivity contribution in [3.63, 3.8) is 0 Å². The summed E-state index contributed by atoms with van der Waals surface area (Å²) in [6.07, 6.45) is -4.81. The van der Waals surface area contributed by atoms with Crippen molar-refractivity contribution in [3.8, 4) is 5.75 Å². The van der Waals surface area contributed by atoms with Gasteiger partial charge in [0.2, 0.25) is 0 Å². The number of aliphatic carboxylic acids is 1. The molecule has 0 aliphatic rings. The smallest absolute Gasteiger partial charge is 0.416 e. The van der Waals surface area contributed by atoms with Crippen LogP contribution in [0.15, 0.2) is 12.1 Å². The number of halogens is 4. The van der Waals surface area contributed by atoms with Gasteiger partial charge < -0.3 is 15.9 Å². The zero-order valence-electron chi connectivity index (χ0n) is 8.83. The third-order valence-corrected chi connectivity index (χ3v) is 2.64. The lowest BCUT2D eigenvalue weighted by Gasteiger charge is -2.18. The predicted octanol–water partition coefficient (Wildman–Crippen LogP) is 2.19. The fourth-order valence-electron chi connectivity index (χ4n) is 1.47. The van der Waals surface area contributed by atoms with Crippen molar-refractivity contribution < 1.29 is 28.2 Å². The minimum atomic E-state index is -4.81. The predicted molar refractivity (Wildman–Crippen MR) is 57.6 cm³/mol. The van der Waals surface area contributed by atoms with Gasteiger partial charge in [0.25, 0.3) is 0 Å². The summed E-state index contributed by atoms with van der Waals surface area (Å²) in [6.45, 7) is -0.514. The van der Waals surface area contributed by atoms with Gasteiger partial charge in [0.1, 0.15) is 5.75 Å². The summed E-state index contributed by atoms with van der Waals surface area (Å²) in [7, 11) is 0. The fraction of sp³-hybridized carbons (Fsp3) is 0.300. The van der Waals surface area contributed by atoms with E-state index in [0.717, 1.165) is 6.07 Å². The van der Waals surface area contributed by atoms with E-state index in [-0.39, 0.29) is 5.02 Å². The maximum atomic E-state index is 12.7. The van der Waals surface area contributed by atoms with Gasteiger partial charge in [0, 0.05) is 6.54 Å². The Morgan fingerprint density at radius 1 is 1.44 bits per heavy atom. The maximum Gasteiger partial charge on any atom is 0.416 e. The molecular weight excluding hydrogens is 275 g/mol. The molecule has 0 saturated heterocycles. The van der Waals surface area contributed by atoms with Crippen molar-refractivity contribution in [2.75, 3.05) is 6.54 Å². The number of nitrogens with two attached hydrogens (primary N) is 1. The number of carbonyl (C=O) groups is 1. The number of alkyl halides is 3. The Balaban J connectivity index is 3.50. The van der Waals surface area contributed by atoms with Crippen LogP contribution in [0.2, 0.25) is 5.02 Å². The highest BCUT2D eigenvalue weighted by Gasteiger charge is 2.37. The van der Waals surface area contributed by atoms with Crippen molar-refractivity contribution in [1.82, 2.24) is 0 Å². The molecule has 0 bridgehead atoms. The second-order valence-corrected chi connectivity index (χ2v) is 3.92. The number of rotatable bonds is 3. The summed E-state index contributed by atoms with van der Waals surface area (Å²) in [5.41, 5.74) is 3.32. The van der Waals surface area contributed by atoms with Gasteiger partial charge in [-0.2, -0.15) is 13.2 Å². The molecule has 8 heteroatoms. The van der Waals surface area contributed by atoms with Gasteiger partial charge in [-0.05, 0) is 17.7 Å². The van der Waals surface area contributed by atoms with Crippen LogP contribution < -0.4 is 5.73 Å². The summed E-state index contributed by atoms with van der Waals surface area (Å²) in [4.78, 5) is 10.9. The van der Waals surface area contributed by atoms with E-state index < -0.39 is 41.5 Å². The molecule has 18 heavy (non-hydrogen) atoms. The van der Waals surface area contributed by atoms with Crippen molar-refractivity contribution in [2.45, 2.75) is 12.1 Å². The molecule has 0 heterocycles. The van der Waals surface area contributed by atoms with E-state index in [1.807, 2.05) is 0 Å². The summed E-state index contributed by atoms with van der Waals surface area (Å²) < 4.78 is 38.2. The van der Waals surface area contributed by atoms with E-state index in [1.54, 1.807) is 0 Å². The molecule has 0 saturated carbocycles. The number of hydrogen-bond acceptors (Lipinski definition) is 3. The Bertz CT molecular complexity index is 476. The first-order chi connectivity index (χ1) is 8.18. The van der Waals surface area contributed by atoms with Crippen LogP contribution in [-0.2, 0) is 11.0 Å². The molecule has 100 valence electrons. The molecular formula is C10H9ClF3NO3. The van der Waals surface area contributed by atoms with Gasteiger partial charge in [0.05, 0.1) is 16.5 Å². The molecule has 0 amide bonds. The van der Waals surface area contributed by atoms with Gasteiger partial charge in [0.15, 0.2) is 0 Å². The number of phenolic OH excluding ortho intramolecular Hbond substituents is 1. The minimum Gasteiger partial charge on any atom is -0.506 e. The first-order valence-corrected chi connectivity index (χ1v) is 5.08. The Morgan fingerprint density at radius 2 is 2.00 bits per heavy atom. The molecule has 0 fully saturated rings. The highest BCUT2D eigenvalue weighted by atomic mass is 35.5. The van der Waals surface area contributed by atoms with Crippen LogP contribution in [-0.4, -0.2) is 22.7 Å². The molecule has 1 unspecified atom stereocenters. The number of hydrogen-bond donors (Lipinski definition) is 3. The lowest BCUT2D eigenvalue weighted by Crippen LogP contribution is -2.24. The molecule has 1 rings (SSSR count). The Kier molecular flexibility index (Phi) is 4.08. The van der Waals surface area contributed by atoms with E-state index in [1.165, 1.54) is 0 Å². The second kappa shape index (κ2) is 5.03. The summed E-state index contributed by atoms with van der Waals surface area (Å²) in [5, 5.41) is 17.6. The third-order valence-electron chi connectivity index (χ3n) is 2.33. The van der Waals surface area contributed by atoms with Crippen molar-refractivity contribution in [2.24, 2.45) is 5.73 Å². The zero-order chi connectivity index (χ0) is 14.1. The standard InChI is InChI=1S/C10H9ClF3NO3/c11-7-1-4(5(3-15)9(17)18)6(2-8(7)16)10(12,13)14/h1-2,5,16H,3,15H2,(H,17,18). The lowest BCUT2D eigenvalue weighted by molar-refractivity contribution is -0.141. The van der Waals surface area contributed by atoms with Crippen LogP contribution in [0.25, 0.3) is 0 Å². The molecule has 4 N–H and O–H groups in total. The van der Waals surface area contributed by atoms with E-state index in [4.69, 9.17) is 22.4 Å². The number of phenols is 1. The molecule has 0 aromatic heterocycles. The monoisotopic (exact) mass is 283 g/mol. The average molecular weight is 284 g/mol. The third kappa shape index (κ3) is 2.85. The van der Waals surface area contributed by atoms with Gasteiger partial charge >= 0.3 is 12.1 Å². The van der Waals surface area contributed by atoms with Crippen molar-refractivity contribution in [3.05, 3.63) is 28.3 Å². The molecule has 0 aliphatic carbocycles. The molecule has 4 nitrogen and oxygen atoms in total. The second-order valence-electron chi connectivity index (χ2n) is 3.52. The topological polar surface area (TPSA) is 83.6 Å². The largest absolute Gasteiger partial charge is 0.506 e. The molecule has 0 spiro atoms. The number of carboxylic acids is 1. The first kappa shape index (κ1) is 14.6. The fourth-order valence-corrected chi connectivity index (χ4v) is 1.64. The molecule has 0 aliphatic heterocycles. The summed E-state index contributed by atoms with van der Waals surface area (Å²) in [5.74, 6) is -3.81. The zero-order valence-corrected chi connectivity index (χ0v) is 9.59. The van der Waals surface area contributed by atoms with Gasteiger partial charge in [-0.15, -0.1) is 0 Å². The van der Waals surface area contributed by atoms with Gasteiger partial charge in [-0.1, -0.05) is 11.6 Å². The summed E-state index contributed by atoms with van der Waals surface area (Å²) in [6, 6.07) is 1.16. The van der Waals surface area contributed by atoms with Gasteiger partial charge in [-0.25, -0.2) is 0 Å². The Morgan fingerprint density at radius 3 is 2.39 bits per heavy atom. The molecule has 1 aromatic rings. The van der Waals surface area contributed by atoms with Crippen LogP contribution in [0.1, 0.15) is 17.0 Å². The normalized spacial score (nSPS) is 13.4. The van der Waals surface area contributed by atoms with Gasteiger partial charge in [-0.3, -0.25) is 4.79 Å². The molecule has 0 radical (unpaired) electrons. The lowest BCUT2D eigenvalue weighted by atomic mass is 9.93. The van der Waals surface area contributed by atoms with E-state index in [0.29, 0.717) is 6.07 Å². The first-order valence-electron chi connectivity index (χ1n) is 4.71. The highest BCUT2D eigenvalue weighted by molar-refractivity contribution is 6.32. The van der Waals surface area contributed by atoms with E-state index >= 15 is 0 Å². The number of aromatic hydroxyl groups is 1. The Labute approximate surface area is 105 Å². The van der Waals surface area contributed by atoms with Crippen LogP contribution in [0.4, 0.5) is 13.2 Å². The molecule has 1 aromatic carbocycles. The quantitative estimate of drug-likeness (QED) is 0.794. The minimum absolute atomic E-state index is 0.363. The van der Waals surface area contributed by atoms with Crippen LogP contribution in [0.5, 0.6) is 5.75 Å². The summed E-state index contributed by atoms with van der Waals surface area (Å²) >= 11 is 5.49. The number of benzene rings is 1. The highest BCUT2D eigenvalue weighted by Crippen LogP contribution is 2.40. The van der Waals surface area contributed by atoms with Crippen molar-refractivity contribution >= 4 is 17.6 Å².